The van der Waals surface area contributed by atoms with E-state index < -0.39 is 0 Å². The number of anilines is 3. The minimum Gasteiger partial charge on any atom is -0.356 e. The third-order valence-electron chi connectivity index (χ3n) is 3.00. The molecule has 6 nitrogen and oxygen atoms in total. The maximum absolute atomic E-state index is 11.8. The molecule has 1 amide bonds. The summed E-state index contributed by atoms with van der Waals surface area (Å²) in [4.78, 5) is 15.6. The van der Waals surface area contributed by atoms with Crippen molar-refractivity contribution in [1.29, 1.82) is 0 Å². The van der Waals surface area contributed by atoms with Gasteiger partial charge in [0.1, 0.15) is 19.2 Å². The van der Waals surface area contributed by atoms with Gasteiger partial charge in [0.25, 0.3) is 0 Å². The van der Waals surface area contributed by atoms with E-state index >= 15 is 0 Å². The lowest BCUT2D eigenvalue weighted by Crippen LogP contribution is -2.18. The molecule has 0 spiro atoms. The van der Waals surface area contributed by atoms with Gasteiger partial charge in [0.15, 0.2) is 0 Å². The molecule has 1 heterocycles. The van der Waals surface area contributed by atoms with E-state index in [1.165, 1.54) is 17.3 Å². The van der Waals surface area contributed by atoms with Crippen LogP contribution in [0.25, 0.3) is 0 Å². The molecule has 0 aliphatic rings. The predicted molar refractivity (Wildman–Crippen MR) is 84.8 cm³/mol. The number of rotatable bonds is 5. The zero-order valence-corrected chi connectivity index (χ0v) is 11.8. The highest BCUT2D eigenvalue weighted by Gasteiger charge is 2.04. The minimum absolute atomic E-state index is 0.143. The Morgan fingerprint density at radius 1 is 0.955 bits per heavy atom. The summed E-state index contributed by atoms with van der Waals surface area (Å²) in [5.74, 6) is -0.144. The van der Waals surface area contributed by atoms with Gasteiger partial charge < -0.3 is 10.6 Å². The van der Waals surface area contributed by atoms with E-state index in [0.29, 0.717) is 0 Å². The Morgan fingerprint density at radius 3 is 2.32 bits per heavy atom. The van der Waals surface area contributed by atoms with Crippen molar-refractivity contribution in [2.24, 2.45) is 0 Å². The largest absolute Gasteiger partial charge is 0.356 e. The van der Waals surface area contributed by atoms with E-state index in [0.717, 1.165) is 17.1 Å². The van der Waals surface area contributed by atoms with Crippen molar-refractivity contribution in [1.82, 2.24) is 14.8 Å². The summed E-state index contributed by atoms with van der Waals surface area (Å²) in [6, 6.07) is 17.4. The molecule has 0 bridgehead atoms. The number of nitrogens with one attached hydrogen (secondary N) is 2. The molecule has 0 radical (unpaired) electrons. The van der Waals surface area contributed by atoms with Crippen molar-refractivity contribution >= 4 is 23.0 Å². The fourth-order valence-electron chi connectivity index (χ4n) is 1.99. The second-order valence-corrected chi connectivity index (χ2v) is 4.71. The van der Waals surface area contributed by atoms with Gasteiger partial charge in [-0.05, 0) is 36.4 Å². The fourth-order valence-corrected chi connectivity index (χ4v) is 1.99. The summed E-state index contributed by atoms with van der Waals surface area (Å²) in [5, 5.41) is 10.00. The van der Waals surface area contributed by atoms with Crippen molar-refractivity contribution in [3.63, 3.8) is 0 Å². The normalized spacial score (nSPS) is 10.2. The van der Waals surface area contributed by atoms with Crippen molar-refractivity contribution in [2.45, 2.75) is 6.54 Å². The maximum atomic E-state index is 11.8. The lowest BCUT2D eigenvalue weighted by molar-refractivity contribution is -0.116. The van der Waals surface area contributed by atoms with Crippen LogP contribution >= 0.6 is 0 Å². The number of amides is 1. The SMILES string of the molecule is O=C(Cn1cncn1)Nc1ccc(Nc2ccccc2)cc1. The molecule has 6 heteroatoms. The lowest BCUT2D eigenvalue weighted by Gasteiger charge is -2.08. The van der Waals surface area contributed by atoms with Gasteiger partial charge in [-0.15, -0.1) is 0 Å². The van der Waals surface area contributed by atoms with Gasteiger partial charge in [0, 0.05) is 17.1 Å². The van der Waals surface area contributed by atoms with Gasteiger partial charge in [0.2, 0.25) is 5.91 Å². The van der Waals surface area contributed by atoms with Crippen LogP contribution in [0, 0.1) is 0 Å². The molecule has 0 unspecified atom stereocenters. The molecule has 0 fully saturated rings. The predicted octanol–water partition coefficient (Wildman–Crippen LogP) is 2.66. The Morgan fingerprint density at radius 2 is 1.64 bits per heavy atom. The average Bonchev–Trinajstić information content (AvgIpc) is 3.03. The van der Waals surface area contributed by atoms with Crippen molar-refractivity contribution < 1.29 is 4.79 Å². The molecule has 0 aliphatic heterocycles. The number of hydrogen-bond acceptors (Lipinski definition) is 4. The molecule has 0 atom stereocenters. The van der Waals surface area contributed by atoms with Gasteiger partial charge >= 0.3 is 0 Å². The molecule has 2 N–H and O–H groups in total. The monoisotopic (exact) mass is 293 g/mol. The number of aromatic nitrogens is 3. The molecule has 0 aliphatic carbocycles. The quantitative estimate of drug-likeness (QED) is 0.758. The van der Waals surface area contributed by atoms with Crippen molar-refractivity contribution in [3.05, 3.63) is 67.3 Å². The summed E-state index contributed by atoms with van der Waals surface area (Å²) >= 11 is 0. The van der Waals surface area contributed by atoms with Gasteiger partial charge in [-0.25, -0.2) is 9.67 Å². The van der Waals surface area contributed by atoms with Crippen molar-refractivity contribution in [2.75, 3.05) is 10.6 Å². The second-order valence-electron chi connectivity index (χ2n) is 4.71. The lowest BCUT2D eigenvalue weighted by atomic mass is 10.2. The van der Waals surface area contributed by atoms with Crippen LogP contribution in [0.5, 0.6) is 0 Å². The minimum atomic E-state index is -0.144. The Balaban J connectivity index is 1.58. The van der Waals surface area contributed by atoms with Crippen LogP contribution in [0.3, 0.4) is 0 Å². The first-order valence-corrected chi connectivity index (χ1v) is 6.84. The smallest absolute Gasteiger partial charge is 0.246 e. The van der Waals surface area contributed by atoms with Crippen LogP contribution in [0.1, 0.15) is 0 Å². The van der Waals surface area contributed by atoms with Gasteiger partial charge in [-0.3, -0.25) is 4.79 Å². The Kier molecular flexibility index (Phi) is 4.10. The highest BCUT2D eigenvalue weighted by molar-refractivity contribution is 5.90. The van der Waals surface area contributed by atoms with E-state index in [2.05, 4.69) is 20.7 Å². The number of hydrogen-bond donors (Lipinski definition) is 2. The third-order valence-corrected chi connectivity index (χ3v) is 3.00. The maximum Gasteiger partial charge on any atom is 0.246 e. The molecule has 3 rings (SSSR count). The fraction of sp³-hybridized carbons (Fsp3) is 0.0625. The van der Waals surface area contributed by atoms with Crippen molar-refractivity contribution in [3.8, 4) is 0 Å². The number of carbonyl (C=O) groups excluding carboxylic acids is 1. The van der Waals surface area contributed by atoms with Crippen LogP contribution in [-0.4, -0.2) is 20.7 Å². The molecule has 110 valence electrons. The highest BCUT2D eigenvalue weighted by Crippen LogP contribution is 2.18. The van der Waals surface area contributed by atoms with Crippen LogP contribution in [-0.2, 0) is 11.3 Å². The summed E-state index contributed by atoms with van der Waals surface area (Å²) in [6.07, 6.45) is 2.91. The molecule has 0 saturated heterocycles. The first-order chi connectivity index (χ1) is 10.8. The summed E-state index contributed by atoms with van der Waals surface area (Å²) in [5.41, 5.74) is 2.72. The summed E-state index contributed by atoms with van der Waals surface area (Å²) < 4.78 is 1.47. The number of nitrogens with zero attached hydrogens (tertiary/aromatic N) is 3. The highest BCUT2D eigenvalue weighted by atomic mass is 16.2. The molecule has 3 aromatic rings. The van der Waals surface area contributed by atoms with E-state index in [1.54, 1.807) is 0 Å². The molecule has 1 aromatic heterocycles. The van der Waals surface area contributed by atoms with E-state index in [9.17, 15) is 4.79 Å². The first-order valence-electron chi connectivity index (χ1n) is 6.84. The second kappa shape index (κ2) is 6.53. The van der Waals surface area contributed by atoms with Crippen LogP contribution in [0.15, 0.2) is 67.3 Å². The molecular weight excluding hydrogens is 278 g/mol. The number of para-hydroxylation sites is 1. The zero-order chi connectivity index (χ0) is 15.2. The Hall–Kier alpha value is -3.15. The van der Waals surface area contributed by atoms with Crippen LogP contribution in [0.4, 0.5) is 17.1 Å². The standard InChI is InChI=1S/C16H15N5O/c22-16(10-21-12-17-11-18-21)20-15-8-6-14(7-9-15)19-13-4-2-1-3-5-13/h1-9,11-12,19H,10H2,(H,20,22). The Bertz CT molecular complexity index is 723. The summed E-state index contributed by atoms with van der Waals surface area (Å²) in [6.45, 7) is 0.143. The number of benzene rings is 2. The first kappa shape index (κ1) is 13.8. The zero-order valence-electron chi connectivity index (χ0n) is 11.8. The molecule has 0 saturated carbocycles. The van der Waals surface area contributed by atoms with Gasteiger partial charge in [0.05, 0.1) is 0 Å². The van der Waals surface area contributed by atoms with Gasteiger partial charge in [-0.1, -0.05) is 18.2 Å². The van der Waals surface area contributed by atoms with E-state index in [1.807, 2.05) is 54.6 Å². The molecular formula is C16H15N5O. The van der Waals surface area contributed by atoms with Crippen LogP contribution in [0.2, 0.25) is 0 Å². The van der Waals surface area contributed by atoms with Crippen LogP contribution < -0.4 is 10.6 Å². The molecule has 22 heavy (non-hydrogen) atoms. The van der Waals surface area contributed by atoms with E-state index in [-0.39, 0.29) is 12.5 Å². The summed E-state index contributed by atoms with van der Waals surface area (Å²) in [7, 11) is 0. The van der Waals surface area contributed by atoms with Gasteiger partial charge in [-0.2, -0.15) is 5.10 Å². The Labute approximate surface area is 127 Å². The number of carbonyl (C=O) groups is 1. The third kappa shape index (κ3) is 3.69. The topological polar surface area (TPSA) is 71.8 Å². The van der Waals surface area contributed by atoms with E-state index in [4.69, 9.17) is 0 Å². The molecule has 2 aromatic carbocycles. The average molecular weight is 293 g/mol.